The van der Waals surface area contributed by atoms with Crippen molar-refractivity contribution >= 4 is 11.6 Å². The molecule has 1 aromatic carbocycles. The van der Waals surface area contributed by atoms with Crippen LogP contribution in [0.25, 0.3) is 0 Å². The zero-order valence-electron chi connectivity index (χ0n) is 10.3. The maximum atomic E-state index is 6.43. The van der Waals surface area contributed by atoms with E-state index in [1.54, 1.807) is 0 Å². The van der Waals surface area contributed by atoms with Crippen LogP contribution < -0.4 is 5.32 Å². The van der Waals surface area contributed by atoms with Crippen LogP contribution in [-0.4, -0.2) is 15.2 Å². The molecule has 0 amide bonds. The Balaban J connectivity index is 1.73. The third kappa shape index (κ3) is 2.16. The normalized spacial score (nSPS) is 22.1. The number of nitrogens with one attached hydrogen (secondary N) is 1. The fourth-order valence-corrected chi connectivity index (χ4v) is 2.97. The summed E-state index contributed by atoms with van der Waals surface area (Å²) in [6, 6.07) is 8.72. The fraction of sp³-hybridized carbons (Fsp3) is 0.357. The predicted octanol–water partition coefficient (Wildman–Crippen LogP) is 2.41. The van der Waals surface area contributed by atoms with Gasteiger partial charge in [0.2, 0.25) is 0 Å². The molecule has 1 heterocycles. The topological polar surface area (TPSA) is 29.9 Å². The first kappa shape index (κ1) is 11.8. The summed E-state index contributed by atoms with van der Waals surface area (Å²) < 4.78 is 1.82. The zero-order chi connectivity index (χ0) is 12.5. The highest BCUT2D eigenvalue weighted by Crippen LogP contribution is 2.34. The molecule has 1 N–H and O–H groups in total. The maximum absolute atomic E-state index is 6.43. The van der Waals surface area contributed by atoms with E-state index in [2.05, 4.69) is 34.7 Å². The van der Waals surface area contributed by atoms with Crippen molar-refractivity contribution in [1.82, 2.24) is 15.1 Å². The molecule has 0 aliphatic heterocycles. The predicted molar refractivity (Wildman–Crippen MR) is 72.6 cm³/mol. The minimum absolute atomic E-state index is 0.138. The van der Waals surface area contributed by atoms with Crippen molar-refractivity contribution in [2.75, 3.05) is 0 Å². The summed E-state index contributed by atoms with van der Waals surface area (Å²) in [5, 5.41) is 7.84. The molecule has 3 rings (SSSR count). The van der Waals surface area contributed by atoms with E-state index in [-0.39, 0.29) is 11.4 Å². The summed E-state index contributed by atoms with van der Waals surface area (Å²) in [5.41, 5.74) is 3.88. The fourth-order valence-electron chi connectivity index (χ4n) is 2.58. The average Bonchev–Trinajstić information content (AvgIpc) is 2.90. The van der Waals surface area contributed by atoms with Gasteiger partial charge < -0.3 is 5.32 Å². The van der Waals surface area contributed by atoms with Crippen molar-refractivity contribution < 1.29 is 0 Å². The molecule has 3 nitrogen and oxygen atoms in total. The SMILES string of the molecule is Cn1cc(CNC2c3ccccc3CC2Cl)cn1. The lowest BCUT2D eigenvalue weighted by Gasteiger charge is -2.16. The summed E-state index contributed by atoms with van der Waals surface area (Å²) in [6.45, 7) is 0.802. The molecular weight excluding hydrogens is 246 g/mol. The Morgan fingerprint density at radius 2 is 2.28 bits per heavy atom. The van der Waals surface area contributed by atoms with Crippen molar-refractivity contribution in [3.63, 3.8) is 0 Å². The van der Waals surface area contributed by atoms with Crippen molar-refractivity contribution in [1.29, 1.82) is 0 Å². The van der Waals surface area contributed by atoms with E-state index in [0.717, 1.165) is 13.0 Å². The van der Waals surface area contributed by atoms with Crippen LogP contribution in [0.15, 0.2) is 36.7 Å². The molecule has 1 aromatic heterocycles. The van der Waals surface area contributed by atoms with Gasteiger partial charge in [-0.15, -0.1) is 11.6 Å². The number of fused-ring (bicyclic) bond motifs is 1. The Morgan fingerprint density at radius 1 is 1.44 bits per heavy atom. The highest BCUT2D eigenvalue weighted by Gasteiger charge is 2.30. The lowest BCUT2D eigenvalue weighted by molar-refractivity contribution is 0.536. The lowest BCUT2D eigenvalue weighted by atomic mass is 10.1. The van der Waals surface area contributed by atoms with Crippen LogP contribution in [0.2, 0.25) is 0 Å². The van der Waals surface area contributed by atoms with Gasteiger partial charge in [0, 0.05) is 31.4 Å². The minimum atomic E-state index is 0.138. The first-order valence-electron chi connectivity index (χ1n) is 6.17. The number of aryl methyl sites for hydroxylation is 1. The van der Waals surface area contributed by atoms with Gasteiger partial charge in [-0.3, -0.25) is 4.68 Å². The molecule has 0 radical (unpaired) electrons. The molecule has 1 aliphatic carbocycles. The summed E-state index contributed by atoms with van der Waals surface area (Å²) in [6.07, 6.45) is 4.86. The Morgan fingerprint density at radius 3 is 3.06 bits per heavy atom. The summed E-state index contributed by atoms with van der Waals surface area (Å²) in [4.78, 5) is 0. The van der Waals surface area contributed by atoms with Gasteiger partial charge in [0.15, 0.2) is 0 Å². The summed E-state index contributed by atoms with van der Waals surface area (Å²) in [5.74, 6) is 0. The van der Waals surface area contributed by atoms with Gasteiger partial charge in [-0.25, -0.2) is 0 Å². The zero-order valence-corrected chi connectivity index (χ0v) is 11.1. The molecule has 2 atom stereocenters. The molecule has 0 saturated carbocycles. The van der Waals surface area contributed by atoms with Crippen LogP contribution >= 0.6 is 11.6 Å². The largest absolute Gasteiger partial charge is 0.304 e. The van der Waals surface area contributed by atoms with Crippen LogP contribution in [0.3, 0.4) is 0 Å². The number of aromatic nitrogens is 2. The van der Waals surface area contributed by atoms with Gasteiger partial charge in [-0.2, -0.15) is 5.10 Å². The van der Waals surface area contributed by atoms with E-state index in [9.17, 15) is 0 Å². The molecule has 1 aliphatic rings. The molecule has 0 fully saturated rings. The smallest absolute Gasteiger partial charge is 0.0571 e. The minimum Gasteiger partial charge on any atom is -0.304 e. The van der Waals surface area contributed by atoms with E-state index in [1.165, 1.54) is 16.7 Å². The van der Waals surface area contributed by atoms with Crippen LogP contribution in [0.4, 0.5) is 0 Å². The molecule has 18 heavy (non-hydrogen) atoms. The van der Waals surface area contributed by atoms with Crippen LogP contribution in [0.5, 0.6) is 0 Å². The van der Waals surface area contributed by atoms with Gasteiger partial charge in [-0.1, -0.05) is 24.3 Å². The Bertz CT molecular complexity index is 549. The van der Waals surface area contributed by atoms with Gasteiger partial charge in [0.05, 0.1) is 11.6 Å². The standard InChI is InChI=1S/C14H16ClN3/c1-18-9-10(8-17-18)7-16-14-12-5-3-2-4-11(12)6-13(14)15/h2-5,8-9,13-14,16H,6-7H2,1H3. The molecule has 4 heteroatoms. The Labute approximate surface area is 112 Å². The van der Waals surface area contributed by atoms with E-state index >= 15 is 0 Å². The Hall–Kier alpha value is -1.32. The van der Waals surface area contributed by atoms with E-state index in [4.69, 9.17) is 11.6 Å². The first-order chi connectivity index (χ1) is 8.74. The van der Waals surface area contributed by atoms with Gasteiger partial charge in [0.1, 0.15) is 0 Å². The van der Waals surface area contributed by atoms with Crippen LogP contribution in [-0.2, 0) is 20.0 Å². The first-order valence-corrected chi connectivity index (χ1v) is 6.60. The quantitative estimate of drug-likeness (QED) is 0.860. The monoisotopic (exact) mass is 261 g/mol. The van der Waals surface area contributed by atoms with Gasteiger partial charge >= 0.3 is 0 Å². The molecular formula is C14H16ClN3. The third-order valence-electron chi connectivity index (χ3n) is 3.45. The number of alkyl halides is 1. The van der Waals surface area contributed by atoms with Crippen LogP contribution in [0.1, 0.15) is 22.7 Å². The lowest BCUT2D eigenvalue weighted by Crippen LogP contribution is -2.25. The second kappa shape index (κ2) is 4.75. The number of hydrogen-bond donors (Lipinski definition) is 1. The van der Waals surface area contributed by atoms with Gasteiger partial charge in [-0.05, 0) is 17.5 Å². The van der Waals surface area contributed by atoms with Crippen LogP contribution in [0, 0.1) is 0 Å². The number of rotatable bonds is 3. The van der Waals surface area contributed by atoms with Crippen molar-refractivity contribution in [2.24, 2.45) is 7.05 Å². The number of nitrogens with zero attached hydrogens (tertiary/aromatic N) is 2. The summed E-state index contributed by atoms with van der Waals surface area (Å²) in [7, 11) is 1.93. The molecule has 0 bridgehead atoms. The number of halogens is 1. The van der Waals surface area contributed by atoms with Crippen molar-refractivity contribution in [3.8, 4) is 0 Å². The molecule has 0 spiro atoms. The van der Waals surface area contributed by atoms with Gasteiger partial charge in [0.25, 0.3) is 0 Å². The van der Waals surface area contributed by atoms with Crippen molar-refractivity contribution in [2.45, 2.75) is 24.4 Å². The second-order valence-electron chi connectivity index (χ2n) is 4.80. The maximum Gasteiger partial charge on any atom is 0.0571 e. The second-order valence-corrected chi connectivity index (χ2v) is 5.36. The molecule has 0 saturated heterocycles. The molecule has 2 unspecified atom stereocenters. The van der Waals surface area contributed by atoms with E-state index < -0.39 is 0 Å². The highest BCUT2D eigenvalue weighted by molar-refractivity contribution is 6.21. The molecule has 2 aromatic rings. The van der Waals surface area contributed by atoms with Crippen molar-refractivity contribution in [3.05, 3.63) is 53.3 Å². The van der Waals surface area contributed by atoms with E-state index in [0.29, 0.717) is 0 Å². The Kier molecular flexibility index (Phi) is 3.10. The van der Waals surface area contributed by atoms with E-state index in [1.807, 2.05) is 24.1 Å². The highest BCUT2D eigenvalue weighted by atomic mass is 35.5. The third-order valence-corrected chi connectivity index (χ3v) is 3.86. The molecule has 94 valence electrons. The average molecular weight is 262 g/mol. The number of hydrogen-bond acceptors (Lipinski definition) is 2. The summed E-state index contributed by atoms with van der Waals surface area (Å²) >= 11 is 6.43. The number of benzene rings is 1.